The zero-order valence-corrected chi connectivity index (χ0v) is 22.1. The highest BCUT2D eigenvalue weighted by Crippen LogP contribution is 2.40. The number of aryl methyl sites for hydroxylation is 1. The Balaban J connectivity index is 1.93. The van der Waals surface area contributed by atoms with Crippen LogP contribution in [-0.2, 0) is 25.1 Å². The number of benzene rings is 2. The molecule has 0 unspecified atom stereocenters. The van der Waals surface area contributed by atoms with Crippen LogP contribution in [0.25, 0.3) is 0 Å². The lowest BCUT2D eigenvalue weighted by Gasteiger charge is -2.37. The van der Waals surface area contributed by atoms with Gasteiger partial charge in [0.15, 0.2) is 19.8 Å². The summed E-state index contributed by atoms with van der Waals surface area (Å²) in [7, 11) is -6.39. The molecule has 1 aliphatic rings. The van der Waals surface area contributed by atoms with Crippen molar-refractivity contribution in [2.24, 2.45) is 0 Å². The molecule has 0 N–H and O–H groups in total. The zero-order valence-electron chi connectivity index (χ0n) is 20.3. The fourth-order valence-electron chi connectivity index (χ4n) is 3.13. The summed E-state index contributed by atoms with van der Waals surface area (Å²) in [5.41, 5.74) is 0.989. The first-order valence-corrected chi connectivity index (χ1v) is 15.2. The first kappa shape index (κ1) is 26.1. The smallest absolute Gasteiger partial charge is 0.297 e. The number of rotatable bonds is 9. The zero-order chi connectivity index (χ0) is 25.3. The molecule has 186 valence electrons. The molecular formula is C23H31NO8SSi. The molecule has 11 heteroatoms. The number of nitrogens with zero attached hydrogens (tertiary/aromatic N) is 1. The molecule has 0 fully saturated rings. The van der Waals surface area contributed by atoms with E-state index in [4.69, 9.17) is 18.1 Å². The molecule has 0 amide bonds. The molecule has 0 aromatic heterocycles. The fraction of sp³-hybridized carbons (Fsp3) is 0.478. The van der Waals surface area contributed by atoms with E-state index in [1.54, 1.807) is 12.1 Å². The molecule has 0 spiro atoms. The van der Waals surface area contributed by atoms with Crippen molar-refractivity contribution in [1.82, 2.24) is 0 Å². The highest BCUT2D eigenvalue weighted by Gasteiger charge is 2.38. The number of nitro groups is 1. The van der Waals surface area contributed by atoms with Gasteiger partial charge < -0.3 is 13.9 Å². The fourth-order valence-corrected chi connectivity index (χ4v) is 5.23. The van der Waals surface area contributed by atoms with Gasteiger partial charge in [0.2, 0.25) is 6.79 Å². The van der Waals surface area contributed by atoms with E-state index >= 15 is 0 Å². The third kappa shape index (κ3) is 5.95. The van der Waals surface area contributed by atoms with E-state index in [9.17, 15) is 18.5 Å². The highest BCUT2D eigenvalue weighted by atomic mass is 32.2. The van der Waals surface area contributed by atoms with Crippen molar-refractivity contribution in [1.29, 1.82) is 0 Å². The topological polar surface area (TPSA) is 114 Å². The summed E-state index contributed by atoms with van der Waals surface area (Å²) in [4.78, 5) is 11.2. The maximum Gasteiger partial charge on any atom is 0.297 e. The van der Waals surface area contributed by atoms with Crippen molar-refractivity contribution in [3.63, 3.8) is 0 Å². The number of hydrogen-bond donors (Lipinski definition) is 0. The first-order valence-electron chi connectivity index (χ1n) is 10.9. The van der Waals surface area contributed by atoms with E-state index in [1.165, 1.54) is 24.3 Å². The summed E-state index contributed by atoms with van der Waals surface area (Å²) in [6.07, 6.45) is -1.05. The van der Waals surface area contributed by atoms with Crippen LogP contribution in [0.5, 0.6) is 11.5 Å². The minimum atomic E-state index is -4.13. The SMILES string of the molecule is Cc1ccc(S(=O)(=O)O[C@@H](CO[Si](C)(C)C(C)(C)C)Cc2cc3c(cc2[N+](=O)[O-])OCO3)cc1. The van der Waals surface area contributed by atoms with Crippen LogP contribution in [0.1, 0.15) is 31.9 Å². The van der Waals surface area contributed by atoms with Gasteiger partial charge >= 0.3 is 0 Å². The lowest BCUT2D eigenvalue weighted by Crippen LogP contribution is -2.43. The molecule has 0 bridgehead atoms. The van der Waals surface area contributed by atoms with Gasteiger partial charge in [-0.2, -0.15) is 8.42 Å². The van der Waals surface area contributed by atoms with Crippen LogP contribution in [0, 0.1) is 17.0 Å². The number of fused-ring (bicyclic) bond motifs is 1. The predicted octanol–water partition coefficient (Wildman–Crippen LogP) is 4.97. The van der Waals surface area contributed by atoms with Gasteiger partial charge in [0.1, 0.15) is 6.10 Å². The molecule has 1 atom stereocenters. The van der Waals surface area contributed by atoms with Gasteiger partial charge in [-0.25, -0.2) is 0 Å². The van der Waals surface area contributed by atoms with Gasteiger partial charge in [-0.15, -0.1) is 0 Å². The second kappa shape index (κ2) is 9.65. The standard InChI is InChI=1S/C23H31NO8SSi/c1-16-7-9-19(10-8-16)33(27,28)32-18(14-31-34(5,6)23(2,3)4)11-17-12-21-22(30-15-29-21)13-20(17)24(25)26/h7-10,12-13,18H,11,14-15H2,1-6H3/t18-/m1/s1. The van der Waals surface area contributed by atoms with Crippen molar-refractivity contribution in [3.05, 3.63) is 57.6 Å². The second-order valence-corrected chi connectivity index (χ2v) is 16.2. The molecule has 34 heavy (non-hydrogen) atoms. The predicted molar refractivity (Wildman–Crippen MR) is 129 cm³/mol. The van der Waals surface area contributed by atoms with Crippen molar-refractivity contribution in [2.75, 3.05) is 13.4 Å². The monoisotopic (exact) mass is 509 g/mol. The molecule has 0 saturated carbocycles. The third-order valence-corrected chi connectivity index (χ3v) is 12.1. The Bertz CT molecular complexity index is 1160. The molecule has 2 aromatic carbocycles. The van der Waals surface area contributed by atoms with Crippen molar-refractivity contribution in [2.45, 2.75) is 63.2 Å². The maximum absolute atomic E-state index is 13.0. The Morgan fingerprint density at radius 3 is 2.26 bits per heavy atom. The minimum Gasteiger partial charge on any atom is -0.454 e. The largest absolute Gasteiger partial charge is 0.454 e. The number of hydrogen-bond acceptors (Lipinski definition) is 8. The summed E-state index contributed by atoms with van der Waals surface area (Å²) in [5.74, 6) is 0.642. The van der Waals surface area contributed by atoms with Crippen LogP contribution in [0.15, 0.2) is 41.3 Å². The van der Waals surface area contributed by atoms with Crippen molar-refractivity contribution >= 4 is 24.1 Å². The van der Waals surface area contributed by atoms with Gasteiger partial charge in [-0.1, -0.05) is 38.5 Å². The van der Waals surface area contributed by atoms with Crippen molar-refractivity contribution in [3.8, 4) is 11.5 Å². The average Bonchev–Trinajstić information content (AvgIpc) is 3.18. The second-order valence-electron chi connectivity index (χ2n) is 9.85. The van der Waals surface area contributed by atoms with Crippen LogP contribution in [0.3, 0.4) is 0 Å². The van der Waals surface area contributed by atoms with E-state index < -0.39 is 29.5 Å². The van der Waals surface area contributed by atoms with Gasteiger partial charge in [-0.3, -0.25) is 14.3 Å². The van der Waals surface area contributed by atoms with Crippen LogP contribution < -0.4 is 9.47 Å². The Hall–Kier alpha value is -2.47. The summed E-state index contributed by atoms with van der Waals surface area (Å²) in [6, 6.07) is 9.10. The highest BCUT2D eigenvalue weighted by molar-refractivity contribution is 7.86. The van der Waals surface area contributed by atoms with Gasteiger partial charge in [0.05, 0.1) is 22.5 Å². The number of nitro benzene ring substituents is 1. The van der Waals surface area contributed by atoms with E-state index in [0.29, 0.717) is 5.75 Å². The van der Waals surface area contributed by atoms with Crippen LogP contribution in [0.4, 0.5) is 5.69 Å². The molecule has 0 aliphatic carbocycles. The Morgan fingerprint density at radius 2 is 1.71 bits per heavy atom. The van der Waals surface area contributed by atoms with Crippen LogP contribution in [0.2, 0.25) is 18.1 Å². The molecule has 1 heterocycles. The van der Waals surface area contributed by atoms with Gasteiger partial charge in [0, 0.05) is 12.0 Å². The molecule has 3 rings (SSSR count). The Kier molecular flexibility index (Phi) is 7.42. The minimum absolute atomic E-state index is 0.00983. The Morgan fingerprint density at radius 1 is 1.12 bits per heavy atom. The Labute approximate surface area is 201 Å². The summed E-state index contributed by atoms with van der Waals surface area (Å²) in [6.45, 7) is 12.1. The van der Waals surface area contributed by atoms with Crippen LogP contribution >= 0.6 is 0 Å². The average molecular weight is 510 g/mol. The third-order valence-electron chi connectivity index (χ3n) is 6.23. The summed E-state index contributed by atoms with van der Waals surface area (Å²) in [5, 5.41) is 11.6. The summed E-state index contributed by atoms with van der Waals surface area (Å²) >= 11 is 0. The summed E-state index contributed by atoms with van der Waals surface area (Å²) < 4.78 is 48.5. The van der Waals surface area contributed by atoms with E-state index in [0.717, 1.165) is 5.56 Å². The molecule has 0 saturated heterocycles. The lowest BCUT2D eigenvalue weighted by atomic mass is 10.1. The number of ether oxygens (including phenoxy) is 2. The normalized spacial score (nSPS) is 14.8. The molecule has 9 nitrogen and oxygen atoms in total. The van der Waals surface area contributed by atoms with Gasteiger partial charge in [-0.05, 0) is 43.3 Å². The molecule has 1 aliphatic heterocycles. The molecular weight excluding hydrogens is 478 g/mol. The van der Waals surface area contributed by atoms with E-state index in [1.807, 2.05) is 20.0 Å². The van der Waals surface area contributed by atoms with E-state index in [2.05, 4.69) is 20.8 Å². The maximum atomic E-state index is 13.0. The quantitative estimate of drug-likeness (QED) is 0.201. The first-order chi connectivity index (χ1) is 15.7. The van der Waals surface area contributed by atoms with Crippen molar-refractivity contribution < 1.29 is 31.4 Å². The molecule has 0 radical (unpaired) electrons. The van der Waals surface area contributed by atoms with Gasteiger partial charge in [0.25, 0.3) is 15.8 Å². The van der Waals surface area contributed by atoms with E-state index in [-0.39, 0.29) is 46.8 Å². The molecule has 2 aromatic rings. The lowest BCUT2D eigenvalue weighted by molar-refractivity contribution is -0.385. The van der Waals surface area contributed by atoms with Crippen LogP contribution in [-0.4, -0.2) is 41.2 Å².